The second-order valence-corrected chi connectivity index (χ2v) is 9.02. The monoisotopic (exact) mass is 485 g/mol. The lowest BCUT2D eigenvalue weighted by atomic mass is 9.83. The highest BCUT2D eigenvalue weighted by atomic mass is 35.5. The number of para-hydroxylation sites is 1. The Morgan fingerprint density at radius 3 is 2.50 bits per heavy atom. The van der Waals surface area contributed by atoms with Crippen molar-refractivity contribution in [3.63, 3.8) is 0 Å². The van der Waals surface area contributed by atoms with Gasteiger partial charge in [0.2, 0.25) is 6.29 Å². The molecule has 2 aromatic carbocycles. The molecule has 0 aliphatic carbocycles. The van der Waals surface area contributed by atoms with Crippen molar-refractivity contribution >= 4 is 34.4 Å². The van der Waals surface area contributed by atoms with Crippen LogP contribution in [0.15, 0.2) is 54.7 Å². The van der Waals surface area contributed by atoms with Crippen molar-refractivity contribution in [2.75, 3.05) is 6.61 Å². The van der Waals surface area contributed by atoms with Gasteiger partial charge >= 0.3 is 11.9 Å². The van der Waals surface area contributed by atoms with Gasteiger partial charge in [0, 0.05) is 31.6 Å². The van der Waals surface area contributed by atoms with Crippen LogP contribution in [0.5, 0.6) is 5.75 Å². The van der Waals surface area contributed by atoms with Crippen LogP contribution in [-0.4, -0.2) is 41.6 Å². The van der Waals surface area contributed by atoms with Crippen LogP contribution in [0, 0.1) is 11.8 Å². The summed E-state index contributed by atoms with van der Waals surface area (Å²) in [5, 5.41) is 1.52. The lowest BCUT2D eigenvalue weighted by Crippen LogP contribution is -2.54. The molecule has 2 unspecified atom stereocenters. The molecule has 5 atom stereocenters. The van der Waals surface area contributed by atoms with Gasteiger partial charge in [-0.1, -0.05) is 43.6 Å². The number of nitrogens with zero attached hydrogens (tertiary/aromatic N) is 1. The van der Waals surface area contributed by atoms with Gasteiger partial charge in [0.1, 0.15) is 12.4 Å². The van der Waals surface area contributed by atoms with Crippen molar-refractivity contribution in [2.24, 2.45) is 11.8 Å². The number of ether oxygens (including phenoxy) is 4. The van der Waals surface area contributed by atoms with E-state index in [0.29, 0.717) is 10.8 Å². The van der Waals surface area contributed by atoms with E-state index in [0.717, 1.165) is 16.6 Å². The fourth-order valence-electron chi connectivity index (χ4n) is 4.27. The van der Waals surface area contributed by atoms with Gasteiger partial charge in [-0.05, 0) is 41.6 Å². The van der Waals surface area contributed by atoms with Crippen molar-refractivity contribution < 1.29 is 28.5 Å². The maximum Gasteiger partial charge on any atom is 0.303 e. The van der Waals surface area contributed by atoms with Gasteiger partial charge in [0.15, 0.2) is 6.10 Å². The molecule has 34 heavy (non-hydrogen) atoms. The first-order valence-corrected chi connectivity index (χ1v) is 11.6. The van der Waals surface area contributed by atoms with Crippen LogP contribution in [0.1, 0.15) is 27.7 Å². The summed E-state index contributed by atoms with van der Waals surface area (Å²) in [7, 11) is 0. The molecule has 0 amide bonds. The third-order valence-corrected chi connectivity index (χ3v) is 6.60. The maximum atomic E-state index is 11.8. The maximum absolute atomic E-state index is 11.8. The standard InChI is InChI=1S/C26H28ClNO6/c1-15-16(2)25(32-18(4)30)26(34-24(15)14-31-17(3)29)33-23-10-9-20(13-21(23)27)28-12-11-19-7-5-6-8-22(19)28/h5-13,15-16,24-26H,14H2,1-4H3/t15-,16-,24?,25?,26-/m0/s1. The SMILES string of the molecule is CC(=O)OCC1O[C@H](Oc2ccc(-n3ccc4ccccc43)cc2Cl)C(OC(C)=O)[C@@H](C)[C@@H]1C. The molecule has 4 rings (SSSR count). The third-order valence-electron chi connectivity index (χ3n) is 6.30. The van der Waals surface area contributed by atoms with Crippen molar-refractivity contribution in [3.8, 4) is 11.4 Å². The van der Waals surface area contributed by atoms with Crippen molar-refractivity contribution in [2.45, 2.75) is 46.2 Å². The molecule has 2 heterocycles. The van der Waals surface area contributed by atoms with Gasteiger partial charge in [0.05, 0.1) is 16.6 Å². The zero-order chi connectivity index (χ0) is 24.4. The Balaban J connectivity index is 1.59. The molecule has 8 heteroatoms. The number of halogens is 1. The lowest BCUT2D eigenvalue weighted by molar-refractivity contribution is -0.253. The summed E-state index contributed by atoms with van der Waals surface area (Å²) in [6.45, 7) is 6.71. The molecule has 0 radical (unpaired) electrons. The Labute approximate surface area is 203 Å². The van der Waals surface area contributed by atoms with Gasteiger partial charge in [-0.2, -0.15) is 0 Å². The first-order valence-electron chi connectivity index (χ1n) is 11.2. The molecular weight excluding hydrogens is 458 g/mol. The van der Waals surface area contributed by atoms with E-state index in [4.69, 9.17) is 30.5 Å². The van der Waals surface area contributed by atoms with Gasteiger partial charge in [-0.25, -0.2) is 0 Å². The number of benzene rings is 2. The summed E-state index contributed by atoms with van der Waals surface area (Å²) >= 11 is 6.60. The molecule has 1 fully saturated rings. The van der Waals surface area contributed by atoms with Crippen molar-refractivity contribution in [1.82, 2.24) is 4.57 Å². The van der Waals surface area contributed by atoms with E-state index in [9.17, 15) is 9.59 Å². The number of fused-ring (bicyclic) bond motifs is 1. The van der Waals surface area contributed by atoms with E-state index in [1.807, 2.05) is 61.0 Å². The molecule has 1 aliphatic heterocycles. The Bertz CT molecular complexity index is 1190. The Hall–Kier alpha value is -3.03. The van der Waals surface area contributed by atoms with Gasteiger partial charge in [0.25, 0.3) is 0 Å². The molecule has 180 valence electrons. The summed E-state index contributed by atoms with van der Waals surface area (Å²) in [6, 6.07) is 15.6. The van der Waals surface area contributed by atoms with Crippen LogP contribution < -0.4 is 4.74 Å². The van der Waals surface area contributed by atoms with E-state index >= 15 is 0 Å². The van der Waals surface area contributed by atoms with E-state index in [-0.39, 0.29) is 24.4 Å². The third kappa shape index (κ3) is 5.05. The zero-order valence-corrected chi connectivity index (χ0v) is 20.3. The van der Waals surface area contributed by atoms with E-state index in [1.165, 1.54) is 13.8 Å². The van der Waals surface area contributed by atoms with Crippen LogP contribution in [-0.2, 0) is 23.8 Å². The Morgan fingerprint density at radius 1 is 1.03 bits per heavy atom. The minimum Gasteiger partial charge on any atom is -0.463 e. The van der Waals surface area contributed by atoms with Crippen molar-refractivity contribution in [3.05, 3.63) is 59.8 Å². The smallest absolute Gasteiger partial charge is 0.303 e. The van der Waals surface area contributed by atoms with E-state index in [2.05, 4.69) is 6.07 Å². The van der Waals surface area contributed by atoms with Gasteiger partial charge in [-0.15, -0.1) is 0 Å². The number of hydrogen-bond acceptors (Lipinski definition) is 6. The topological polar surface area (TPSA) is 76.0 Å². The van der Waals surface area contributed by atoms with E-state index in [1.54, 1.807) is 6.07 Å². The number of rotatable bonds is 6. The molecule has 0 spiro atoms. The van der Waals surface area contributed by atoms with Crippen LogP contribution in [0.25, 0.3) is 16.6 Å². The summed E-state index contributed by atoms with van der Waals surface area (Å²) in [5.74, 6) is -0.562. The molecule has 3 aromatic rings. The minimum absolute atomic E-state index is 0.0385. The summed E-state index contributed by atoms with van der Waals surface area (Å²) in [5.41, 5.74) is 1.95. The first-order chi connectivity index (χ1) is 16.2. The molecule has 0 saturated carbocycles. The quantitative estimate of drug-likeness (QED) is 0.449. The molecule has 1 saturated heterocycles. The summed E-state index contributed by atoms with van der Waals surface area (Å²) < 4.78 is 25.0. The van der Waals surface area contributed by atoms with Gasteiger partial charge < -0.3 is 23.5 Å². The fraction of sp³-hybridized carbons (Fsp3) is 0.385. The molecule has 0 N–H and O–H groups in total. The number of hydrogen-bond donors (Lipinski definition) is 0. The number of aromatic nitrogens is 1. The summed E-state index contributed by atoms with van der Waals surface area (Å²) in [4.78, 5) is 23.1. The van der Waals surface area contributed by atoms with Crippen LogP contribution >= 0.6 is 11.6 Å². The normalized spacial score (nSPS) is 24.6. The average molecular weight is 486 g/mol. The molecule has 0 bridgehead atoms. The second kappa shape index (κ2) is 10.1. The molecular formula is C26H28ClNO6. The molecule has 7 nitrogen and oxygen atoms in total. The fourth-order valence-corrected chi connectivity index (χ4v) is 4.49. The first kappa shape index (κ1) is 24.1. The highest BCUT2D eigenvalue weighted by molar-refractivity contribution is 6.32. The van der Waals surface area contributed by atoms with Gasteiger partial charge in [-0.3, -0.25) is 9.59 Å². The van der Waals surface area contributed by atoms with Crippen LogP contribution in [0.2, 0.25) is 5.02 Å². The zero-order valence-electron chi connectivity index (χ0n) is 19.6. The predicted molar refractivity (Wildman–Crippen MR) is 128 cm³/mol. The number of carbonyl (C=O) groups is 2. The predicted octanol–water partition coefficient (Wildman–Crippen LogP) is 5.15. The molecule has 1 aliphatic rings. The Morgan fingerprint density at radius 2 is 1.79 bits per heavy atom. The second-order valence-electron chi connectivity index (χ2n) is 8.61. The van der Waals surface area contributed by atoms with Crippen LogP contribution in [0.4, 0.5) is 0 Å². The molecule has 1 aromatic heterocycles. The number of esters is 2. The van der Waals surface area contributed by atoms with Crippen LogP contribution in [0.3, 0.4) is 0 Å². The van der Waals surface area contributed by atoms with Crippen molar-refractivity contribution in [1.29, 1.82) is 0 Å². The highest BCUT2D eigenvalue weighted by Gasteiger charge is 2.45. The number of carbonyl (C=O) groups excluding carboxylic acids is 2. The Kier molecular flexibility index (Phi) is 7.14. The summed E-state index contributed by atoms with van der Waals surface area (Å²) in [6.07, 6.45) is 0.0113. The largest absolute Gasteiger partial charge is 0.463 e. The van der Waals surface area contributed by atoms with E-state index < -0.39 is 24.5 Å². The average Bonchev–Trinajstić information content (AvgIpc) is 3.23. The minimum atomic E-state index is -0.911. The highest BCUT2D eigenvalue weighted by Crippen LogP contribution is 2.36. The lowest BCUT2D eigenvalue weighted by Gasteiger charge is -2.43.